The van der Waals surface area contributed by atoms with Gasteiger partial charge in [0.15, 0.2) is 0 Å². The van der Waals surface area contributed by atoms with Gasteiger partial charge in [-0.15, -0.1) is 0 Å². The Hall–Kier alpha value is -1.09. The fraction of sp³-hybridized carbons (Fsp3) is 0.722. The molecule has 21 heavy (non-hydrogen) atoms. The smallest absolute Gasteiger partial charge is 0.129 e. The third-order valence-electron chi connectivity index (χ3n) is 3.75. The molecule has 120 valence electrons. The molecule has 3 heteroatoms. The maximum Gasteiger partial charge on any atom is 0.129 e. The van der Waals surface area contributed by atoms with Gasteiger partial charge in [-0.3, -0.25) is 0 Å². The van der Waals surface area contributed by atoms with Crippen molar-refractivity contribution >= 4 is 5.82 Å². The van der Waals surface area contributed by atoms with Gasteiger partial charge in [0.25, 0.3) is 0 Å². The average molecular weight is 291 g/mol. The van der Waals surface area contributed by atoms with E-state index in [9.17, 15) is 0 Å². The molecule has 3 nitrogen and oxygen atoms in total. The maximum atomic E-state index is 4.86. The normalized spacial score (nSPS) is 10.9. The summed E-state index contributed by atoms with van der Waals surface area (Å²) in [7, 11) is 0. The van der Waals surface area contributed by atoms with Gasteiger partial charge < -0.3 is 10.2 Å². The maximum absolute atomic E-state index is 4.86. The zero-order valence-corrected chi connectivity index (χ0v) is 14.4. The third-order valence-corrected chi connectivity index (χ3v) is 3.75. The number of pyridine rings is 1. The van der Waals surface area contributed by atoms with Crippen LogP contribution < -0.4 is 10.2 Å². The van der Waals surface area contributed by atoms with Crippen LogP contribution in [0.5, 0.6) is 0 Å². The second kappa shape index (κ2) is 10.6. The number of nitrogens with zero attached hydrogens (tertiary/aromatic N) is 2. The van der Waals surface area contributed by atoms with Crippen LogP contribution in [0.4, 0.5) is 5.82 Å². The summed E-state index contributed by atoms with van der Waals surface area (Å²) in [6.45, 7) is 13.0. The topological polar surface area (TPSA) is 28.2 Å². The minimum atomic E-state index is 0.939. The Labute approximate surface area is 131 Å². The summed E-state index contributed by atoms with van der Waals surface area (Å²) >= 11 is 0. The van der Waals surface area contributed by atoms with Gasteiger partial charge in [-0.1, -0.05) is 40.5 Å². The van der Waals surface area contributed by atoms with Crippen LogP contribution in [-0.4, -0.2) is 24.6 Å². The number of hydrogen-bond donors (Lipinski definition) is 1. The fourth-order valence-electron chi connectivity index (χ4n) is 2.39. The molecular weight excluding hydrogens is 258 g/mol. The molecule has 0 spiro atoms. The van der Waals surface area contributed by atoms with Gasteiger partial charge >= 0.3 is 0 Å². The highest BCUT2D eigenvalue weighted by molar-refractivity contribution is 5.43. The lowest BCUT2D eigenvalue weighted by molar-refractivity contribution is 0.667. The van der Waals surface area contributed by atoms with E-state index in [4.69, 9.17) is 4.98 Å². The number of unbranched alkanes of at least 4 members (excludes halogenated alkanes) is 2. The molecule has 0 atom stereocenters. The summed E-state index contributed by atoms with van der Waals surface area (Å²) in [6.07, 6.45) is 5.96. The first-order chi connectivity index (χ1) is 10.2. The first-order valence-electron chi connectivity index (χ1n) is 8.70. The predicted octanol–water partition coefficient (Wildman–Crippen LogP) is 4.16. The number of aryl methyl sites for hydroxylation is 1. The van der Waals surface area contributed by atoms with E-state index < -0.39 is 0 Å². The van der Waals surface area contributed by atoms with Crippen molar-refractivity contribution in [3.05, 3.63) is 23.4 Å². The van der Waals surface area contributed by atoms with Crippen molar-refractivity contribution in [3.63, 3.8) is 0 Å². The quantitative estimate of drug-likeness (QED) is 0.663. The van der Waals surface area contributed by atoms with Gasteiger partial charge in [-0.2, -0.15) is 0 Å². The molecule has 0 aliphatic heterocycles. The lowest BCUT2D eigenvalue weighted by atomic mass is 10.1. The average Bonchev–Trinajstić information content (AvgIpc) is 2.52. The van der Waals surface area contributed by atoms with Crippen LogP contribution in [0.25, 0.3) is 0 Å². The SMILES string of the molecule is CCCCN(CCCC)c1cc(CNCC)cc(CC)n1. The monoisotopic (exact) mass is 291 g/mol. The third kappa shape index (κ3) is 6.47. The van der Waals surface area contributed by atoms with Crippen molar-refractivity contribution in [3.8, 4) is 0 Å². The van der Waals surface area contributed by atoms with Crippen LogP contribution in [-0.2, 0) is 13.0 Å². The van der Waals surface area contributed by atoms with E-state index >= 15 is 0 Å². The summed E-state index contributed by atoms with van der Waals surface area (Å²) in [4.78, 5) is 7.34. The number of hydrogen-bond acceptors (Lipinski definition) is 3. The largest absolute Gasteiger partial charge is 0.357 e. The molecule has 1 aromatic rings. The van der Waals surface area contributed by atoms with Crippen molar-refractivity contribution in [2.24, 2.45) is 0 Å². The second-order valence-electron chi connectivity index (χ2n) is 5.65. The highest BCUT2D eigenvalue weighted by Crippen LogP contribution is 2.17. The van der Waals surface area contributed by atoms with Crippen LogP contribution in [0.15, 0.2) is 12.1 Å². The van der Waals surface area contributed by atoms with Crippen molar-refractivity contribution in [2.45, 2.75) is 66.3 Å². The Morgan fingerprint density at radius 1 is 1.00 bits per heavy atom. The zero-order chi connectivity index (χ0) is 15.5. The minimum absolute atomic E-state index is 0.939. The van der Waals surface area contributed by atoms with E-state index in [0.717, 1.165) is 32.6 Å². The van der Waals surface area contributed by atoms with Crippen molar-refractivity contribution in [2.75, 3.05) is 24.5 Å². The molecule has 0 amide bonds. The van der Waals surface area contributed by atoms with E-state index in [-0.39, 0.29) is 0 Å². The van der Waals surface area contributed by atoms with E-state index in [2.05, 4.69) is 50.0 Å². The molecule has 0 unspecified atom stereocenters. The molecule has 1 rings (SSSR count). The molecule has 0 fully saturated rings. The van der Waals surface area contributed by atoms with E-state index in [1.54, 1.807) is 0 Å². The highest BCUT2D eigenvalue weighted by Gasteiger charge is 2.10. The number of aromatic nitrogens is 1. The van der Waals surface area contributed by atoms with Crippen LogP contribution >= 0.6 is 0 Å². The summed E-state index contributed by atoms with van der Waals surface area (Å²) in [5, 5.41) is 3.42. The first-order valence-corrected chi connectivity index (χ1v) is 8.70. The van der Waals surface area contributed by atoms with Gasteiger partial charge in [0.2, 0.25) is 0 Å². The summed E-state index contributed by atoms with van der Waals surface area (Å²) < 4.78 is 0. The predicted molar refractivity (Wildman–Crippen MR) is 93.0 cm³/mol. The lowest BCUT2D eigenvalue weighted by Gasteiger charge is -2.24. The summed E-state index contributed by atoms with van der Waals surface area (Å²) in [5.74, 6) is 1.17. The molecule has 1 heterocycles. The van der Waals surface area contributed by atoms with Crippen LogP contribution in [0.2, 0.25) is 0 Å². The summed E-state index contributed by atoms with van der Waals surface area (Å²) in [6, 6.07) is 4.51. The molecule has 1 N–H and O–H groups in total. The van der Waals surface area contributed by atoms with Crippen LogP contribution in [0.3, 0.4) is 0 Å². The van der Waals surface area contributed by atoms with Crippen LogP contribution in [0.1, 0.15) is 64.6 Å². The number of anilines is 1. The van der Waals surface area contributed by atoms with Gasteiger partial charge in [0, 0.05) is 25.3 Å². The standard InChI is InChI=1S/C18H33N3/c1-5-9-11-21(12-10-6-2)18-14-16(15-19-8-4)13-17(7-3)20-18/h13-14,19H,5-12,15H2,1-4H3. The van der Waals surface area contributed by atoms with Gasteiger partial charge in [-0.25, -0.2) is 4.98 Å². The second-order valence-corrected chi connectivity index (χ2v) is 5.65. The Morgan fingerprint density at radius 3 is 2.19 bits per heavy atom. The Balaban J connectivity index is 2.91. The zero-order valence-electron chi connectivity index (χ0n) is 14.4. The Bertz CT molecular complexity index is 382. The molecule has 0 saturated carbocycles. The molecule has 1 aromatic heterocycles. The van der Waals surface area contributed by atoms with Gasteiger partial charge in [0.05, 0.1) is 0 Å². The van der Waals surface area contributed by atoms with Gasteiger partial charge in [0.1, 0.15) is 5.82 Å². The molecule has 0 radical (unpaired) electrons. The van der Waals surface area contributed by atoms with Crippen LogP contribution in [0, 0.1) is 0 Å². The van der Waals surface area contributed by atoms with E-state index in [1.807, 2.05) is 0 Å². The van der Waals surface area contributed by atoms with Crippen molar-refractivity contribution < 1.29 is 0 Å². The van der Waals surface area contributed by atoms with Crippen molar-refractivity contribution in [1.29, 1.82) is 0 Å². The fourth-order valence-corrected chi connectivity index (χ4v) is 2.39. The number of nitrogens with one attached hydrogen (secondary N) is 1. The van der Waals surface area contributed by atoms with Crippen molar-refractivity contribution in [1.82, 2.24) is 10.3 Å². The van der Waals surface area contributed by atoms with E-state index in [0.29, 0.717) is 0 Å². The molecule has 0 aliphatic carbocycles. The lowest BCUT2D eigenvalue weighted by Crippen LogP contribution is -2.27. The molecule has 0 aliphatic rings. The molecule has 0 saturated heterocycles. The summed E-state index contributed by atoms with van der Waals surface area (Å²) in [5.41, 5.74) is 2.56. The minimum Gasteiger partial charge on any atom is -0.357 e. The molecular formula is C18H33N3. The molecule has 0 bridgehead atoms. The van der Waals surface area contributed by atoms with Gasteiger partial charge in [-0.05, 0) is 43.5 Å². The molecule has 0 aromatic carbocycles. The van der Waals surface area contributed by atoms with E-state index in [1.165, 1.54) is 42.8 Å². The Kier molecular flexibility index (Phi) is 9.07. The Morgan fingerprint density at radius 2 is 1.67 bits per heavy atom. The highest BCUT2D eigenvalue weighted by atomic mass is 15.2. The first kappa shape index (κ1) is 18.0. The number of rotatable bonds is 11.